The molecule has 3 aromatic rings. The Morgan fingerprint density at radius 3 is 2.57 bits per heavy atom. The van der Waals surface area contributed by atoms with E-state index in [1.807, 2.05) is 0 Å². The largest absolute Gasteiger partial charge is 0.324 e. The van der Waals surface area contributed by atoms with Gasteiger partial charge in [0.05, 0.1) is 11.9 Å². The van der Waals surface area contributed by atoms with Gasteiger partial charge in [-0.1, -0.05) is 15.9 Å². The van der Waals surface area contributed by atoms with Crippen molar-refractivity contribution in [1.29, 1.82) is 4.78 Å². The number of aromatic nitrogens is 2. The van der Waals surface area contributed by atoms with Gasteiger partial charge in [0.1, 0.15) is 17.3 Å². The molecule has 0 aliphatic rings. The van der Waals surface area contributed by atoms with Gasteiger partial charge in [-0.3, -0.25) is 4.78 Å². The zero-order valence-corrected chi connectivity index (χ0v) is 16.9. The molecular weight excluding hydrogens is 457 g/mol. The van der Waals surface area contributed by atoms with E-state index in [0.717, 1.165) is 18.3 Å². The molecule has 5 nitrogen and oxygen atoms in total. The Hall–Kier alpha value is -2.46. The van der Waals surface area contributed by atoms with Crippen LogP contribution in [0, 0.1) is 22.2 Å². The minimum absolute atomic E-state index is 0.00715. The number of hydrogen-bond donors (Lipinski definition) is 2. The van der Waals surface area contributed by atoms with Crippen molar-refractivity contribution in [3.05, 3.63) is 70.1 Å². The minimum atomic E-state index is -2.74. The van der Waals surface area contributed by atoms with Crippen molar-refractivity contribution in [2.75, 3.05) is 11.6 Å². The monoisotopic (exact) mass is 470 g/mol. The molecule has 1 aromatic heterocycles. The normalized spacial score (nSPS) is 13.2. The highest BCUT2D eigenvalue weighted by Crippen LogP contribution is 2.27. The quantitative estimate of drug-likeness (QED) is 0.534. The Morgan fingerprint density at radius 1 is 1.14 bits per heavy atom. The third-order valence-corrected chi connectivity index (χ3v) is 4.93. The number of anilines is 2. The Kier molecular flexibility index (Phi) is 5.71. The molecule has 1 atom stereocenters. The second kappa shape index (κ2) is 7.88. The van der Waals surface area contributed by atoms with Crippen LogP contribution in [0.2, 0.25) is 0 Å². The molecule has 0 saturated heterocycles. The lowest BCUT2D eigenvalue weighted by Gasteiger charge is -2.11. The van der Waals surface area contributed by atoms with Gasteiger partial charge in [0.15, 0.2) is 5.82 Å². The van der Waals surface area contributed by atoms with Crippen molar-refractivity contribution in [3.63, 3.8) is 0 Å². The highest BCUT2D eigenvalue weighted by molar-refractivity contribution is 9.10. The van der Waals surface area contributed by atoms with Crippen LogP contribution in [0.25, 0.3) is 11.3 Å². The predicted octanol–water partition coefficient (Wildman–Crippen LogP) is 5.24. The molecule has 0 fully saturated rings. The molecular formula is C18H14BrF3N4OS. The van der Waals surface area contributed by atoms with Gasteiger partial charge in [-0.2, -0.15) is 0 Å². The first-order valence-electron chi connectivity index (χ1n) is 7.86. The summed E-state index contributed by atoms with van der Waals surface area (Å²) in [5.41, 5.74) is 0.642. The molecule has 3 rings (SSSR count). The first kappa shape index (κ1) is 20.3. The zero-order chi connectivity index (χ0) is 20.5. The lowest BCUT2D eigenvalue weighted by atomic mass is 10.1. The van der Waals surface area contributed by atoms with Crippen molar-refractivity contribution in [1.82, 2.24) is 9.97 Å². The first-order chi connectivity index (χ1) is 13.1. The lowest BCUT2D eigenvalue weighted by molar-refractivity contribution is 0.580. The van der Waals surface area contributed by atoms with Gasteiger partial charge < -0.3 is 5.32 Å². The first-order valence-corrected chi connectivity index (χ1v) is 10.8. The molecule has 28 heavy (non-hydrogen) atoms. The Balaban J connectivity index is 1.96. The van der Waals surface area contributed by atoms with Crippen LogP contribution in [0.3, 0.4) is 0 Å². The summed E-state index contributed by atoms with van der Waals surface area (Å²) in [5, 5.41) is 2.87. The number of halogens is 4. The third kappa shape index (κ3) is 5.08. The molecule has 0 radical (unpaired) electrons. The molecule has 0 amide bonds. The number of rotatable bonds is 5. The van der Waals surface area contributed by atoms with E-state index in [0.29, 0.717) is 21.8 Å². The molecule has 0 bridgehead atoms. The molecule has 0 aliphatic carbocycles. The van der Waals surface area contributed by atoms with Gasteiger partial charge in [-0.15, -0.1) is 0 Å². The lowest BCUT2D eigenvalue weighted by Crippen LogP contribution is -2.03. The van der Waals surface area contributed by atoms with Crippen LogP contribution in [-0.4, -0.2) is 20.4 Å². The summed E-state index contributed by atoms with van der Waals surface area (Å²) in [6.45, 7) is 0. The van der Waals surface area contributed by atoms with Crippen molar-refractivity contribution in [2.45, 2.75) is 5.75 Å². The number of nitrogens with zero attached hydrogens (tertiary/aromatic N) is 2. The maximum Gasteiger partial charge on any atom is 0.227 e. The second-order valence-corrected chi connectivity index (χ2v) is 9.35. The molecule has 0 aliphatic heterocycles. The maximum atomic E-state index is 14.1. The molecule has 2 N–H and O–H groups in total. The fourth-order valence-corrected chi connectivity index (χ4v) is 3.89. The van der Waals surface area contributed by atoms with Crippen LogP contribution in [0.15, 0.2) is 47.1 Å². The van der Waals surface area contributed by atoms with Gasteiger partial charge in [0.25, 0.3) is 0 Å². The zero-order valence-electron chi connectivity index (χ0n) is 14.5. The highest BCUT2D eigenvalue weighted by atomic mass is 79.9. The fourth-order valence-electron chi connectivity index (χ4n) is 2.55. The van der Waals surface area contributed by atoms with Crippen molar-refractivity contribution >= 4 is 37.3 Å². The van der Waals surface area contributed by atoms with E-state index in [1.165, 1.54) is 6.26 Å². The van der Waals surface area contributed by atoms with Crippen LogP contribution < -0.4 is 5.32 Å². The van der Waals surface area contributed by atoms with Crippen LogP contribution in [0.1, 0.15) is 5.56 Å². The summed E-state index contributed by atoms with van der Waals surface area (Å²) < 4.78 is 61.2. The topological polar surface area (TPSA) is 78.7 Å². The molecule has 2 aromatic carbocycles. The second-order valence-electron chi connectivity index (χ2n) is 6.14. The SMILES string of the molecule is CS(=N)(=O)Cc1cc(Br)cc(Nc2ncc(F)c(-c3ccc(F)cc3F)n2)c1. The standard InChI is InChI=1S/C18H14BrF3N4OS/c1-28(23,27)9-10-4-11(19)6-13(5-10)25-18-24-8-16(22)17(26-18)14-3-2-12(20)7-15(14)21/h2-8,23H,9H2,1H3,(H,24,25,26). The number of nitrogens with one attached hydrogen (secondary N) is 2. The van der Waals surface area contributed by atoms with E-state index < -0.39 is 27.2 Å². The van der Waals surface area contributed by atoms with Gasteiger partial charge in [-0.05, 0) is 35.9 Å². The minimum Gasteiger partial charge on any atom is -0.324 e. The van der Waals surface area contributed by atoms with Gasteiger partial charge in [0.2, 0.25) is 5.95 Å². The average Bonchev–Trinajstić information content (AvgIpc) is 2.55. The van der Waals surface area contributed by atoms with Crippen molar-refractivity contribution in [3.8, 4) is 11.3 Å². The predicted molar refractivity (Wildman–Crippen MR) is 105 cm³/mol. The van der Waals surface area contributed by atoms with E-state index >= 15 is 0 Å². The number of hydrogen-bond acceptors (Lipinski definition) is 5. The van der Waals surface area contributed by atoms with E-state index in [2.05, 4.69) is 31.2 Å². The van der Waals surface area contributed by atoms with Gasteiger partial charge >= 0.3 is 0 Å². The fraction of sp³-hybridized carbons (Fsp3) is 0.111. The van der Waals surface area contributed by atoms with Crippen LogP contribution >= 0.6 is 15.9 Å². The van der Waals surface area contributed by atoms with Crippen LogP contribution in [-0.2, 0) is 15.5 Å². The highest BCUT2D eigenvalue weighted by Gasteiger charge is 2.15. The summed E-state index contributed by atoms with van der Waals surface area (Å²) in [6, 6.07) is 7.84. The number of benzene rings is 2. The molecule has 146 valence electrons. The smallest absolute Gasteiger partial charge is 0.227 e. The molecule has 1 unspecified atom stereocenters. The summed E-state index contributed by atoms with van der Waals surface area (Å²) in [4.78, 5) is 7.83. The van der Waals surface area contributed by atoms with Crippen LogP contribution in [0.5, 0.6) is 0 Å². The third-order valence-electron chi connectivity index (χ3n) is 3.59. The van der Waals surface area contributed by atoms with Crippen LogP contribution in [0.4, 0.5) is 24.8 Å². The average molecular weight is 471 g/mol. The van der Waals surface area contributed by atoms with Gasteiger partial charge in [-0.25, -0.2) is 27.3 Å². The van der Waals surface area contributed by atoms with Gasteiger partial charge in [0, 0.05) is 37.8 Å². The molecule has 0 spiro atoms. The Morgan fingerprint density at radius 2 is 1.89 bits per heavy atom. The molecule has 0 saturated carbocycles. The van der Waals surface area contributed by atoms with E-state index in [4.69, 9.17) is 4.78 Å². The molecule has 1 heterocycles. The maximum absolute atomic E-state index is 14.1. The summed E-state index contributed by atoms with van der Waals surface area (Å²) >= 11 is 3.33. The summed E-state index contributed by atoms with van der Waals surface area (Å²) in [7, 11) is -2.74. The Labute approximate surface area is 168 Å². The van der Waals surface area contributed by atoms with E-state index in [1.54, 1.807) is 18.2 Å². The summed E-state index contributed by atoms with van der Waals surface area (Å²) in [5.74, 6) is -2.53. The van der Waals surface area contributed by atoms with Crippen molar-refractivity contribution in [2.24, 2.45) is 0 Å². The van der Waals surface area contributed by atoms with Crippen molar-refractivity contribution < 1.29 is 17.4 Å². The molecule has 10 heteroatoms. The van der Waals surface area contributed by atoms with E-state index in [9.17, 15) is 17.4 Å². The summed E-state index contributed by atoms with van der Waals surface area (Å²) in [6.07, 6.45) is 2.22. The Bertz CT molecular complexity index is 1160. The van der Waals surface area contributed by atoms with E-state index in [-0.39, 0.29) is 23.0 Å².